The van der Waals surface area contributed by atoms with Crippen LogP contribution in [0.5, 0.6) is 0 Å². The van der Waals surface area contributed by atoms with E-state index in [9.17, 15) is 38.4 Å². The fourth-order valence-corrected chi connectivity index (χ4v) is 5.64. The van der Waals surface area contributed by atoms with Gasteiger partial charge in [0.1, 0.15) is 12.2 Å². The van der Waals surface area contributed by atoms with Crippen LogP contribution in [0.2, 0.25) is 0 Å². The zero-order valence-corrected chi connectivity index (χ0v) is 34.7. The molecule has 0 aliphatic carbocycles. The van der Waals surface area contributed by atoms with Crippen LogP contribution in [0.15, 0.2) is 0 Å². The molecule has 0 aromatic heterocycles. The van der Waals surface area contributed by atoms with E-state index in [1.165, 1.54) is 25.6 Å². The molecular formula is C36H59N3O15S2. The molecule has 2 rings (SSSR count). The number of amides is 5. The summed E-state index contributed by atoms with van der Waals surface area (Å²) in [6, 6.07) is 0. The van der Waals surface area contributed by atoms with Crippen LogP contribution in [0.4, 0.5) is 0 Å². The molecule has 20 heteroatoms. The van der Waals surface area contributed by atoms with Crippen molar-refractivity contribution in [2.24, 2.45) is 0 Å². The summed E-state index contributed by atoms with van der Waals surface area (Å²) in [5, 5.41) is 2.73. The van der Waals surface area contributed by atoms with Crippen molar-refractivity contribution in [3.05, 3.63) is 0 Å². The number of thioether (sulfide) groups is 1. The number of nitrogens with zero attached hydrogens (tertiary/aromatic N) is 2. The third-order valence-electron chi connectivity index (χ3n) is 7.89. The molecule has 2 aliphatic heterocycles. The molecule has 2 heterocycles. The van der Waals surface area contributed by atoms with Crippen LogP contribution in [0.3, 0.4) is 0 Å². The highest BCUT2D eigenvalue weighted by Crippen LogP contribution is 2.26. The largest absolute Gasteiger partial charge is 0.378 e. The van der Waals surface area contributed by atoms with Crippen LogP contribution in [-0.2, 0) is 71.6 Å². The molecule has 1 unspecified atom stereocenters. The molecule has 0 bridgehead atoms. The lowest BCUT2D eigenvalue weighted by Gasteiger charge is -2.15. The average Bonchev–Trinajstić information content (AvgIpc) is 3.62. The minimum absolute atomic E-state index is 0.00933. The minimum Gasteiger partial charge on any atom is -0.378 e. The molecule has 1 N–H and O–H groups in total. The number of ketones is 2. The van der Waals surface area contributed by atoms with Crippen LogP contribution in [0.1, 0.15) is 72.6 Å². The van der Waals surface area contributed by atoms with Crippen molar-refractivity contribution in [1.29, 1.82) is 0 Å². The summed E-state index contributed by atoms with van der Waals surface area (Å²) in [6.45, 7) is 9.99. The van der Waals surface area contributed by atoms with Crippen molar-refractivity contribution in [2.75, 3.05) is 90.7 Å². The van der Waals surface area contributed by atoms with Gasteiger partial charge in [0, 0.05) is 52.0 Å². The van der Waals surface area contributed by atoms with Gasteiger partial charge >= 0.3 is 5.97 Å². The van der Waals surface area contributed by atoms with Gasteiger partial charge in [0.15, 0.2) is 11.6 Å². The highest BCUT2D eigenvalue weighted by Gasteiger charge is 2.38. The first-order valence-electron chi connectivity index (χ1n) is 18.7. The number of Topliss-reactive ketones (excluding diaryl/α,β-unsaturated/α-hetero) is 2. The second-order valence-corrected chi connectivity index (χ2v) is 14.2. The standard InChI is InChI=1S/C29H45N3O13S.C7H14O2S/c1-21(33)22(2)44-10-3-19-46-23-20-27(37)31(29(23)39)9-6-24(34)30-8-12-41-14-16-43-18-17-42-15-13-40-11-7-28(38)45-32-25(35)4-5-26(32)36;1-6(8)7(2)9-4-3-5-10/h22-23H,3-20H2,1-2H3,(H,30,34);7,10H,3-5H2,1-2H3/t22-,23?;7-/m00/s1. The molecule has 0 spiro atoms. The summed E-state index contributed by atoms with van der Waals surface area (Å²) >= 11 is 5.40. The fourth-order valence-electron chi connectivity index (χ4n) is 4.41. The number of likely N-dealkylation sites (tertiary alicyclic amines) is 1. The lowest BCUT2D eigenvalue weighted by Crippen LogP contribution is -2.36. The van der Waals surface area contributed by atoms with E-state index in [4.69, 9.17) is 33.3 Å². The molecule has 0 radical (unpaired) electrons. The maximum atomic E-state index is 12.6. The van der Waals surface area contributed by atoms with Crippen molar-refractivity contribution in [3.63, 3.8) is 0 Å². The quantitative estimate of drug-likeness (QED) is 0.0568. The maximum Gasteiger partial charge on any atom is 0.335 e. The maximum absolute atomic E-state index is 12.6. The molecule has 320 valence electrons. The van der Waals surface area contributed by atoms with E-state index in [2.05, 4.69) is 17.9 Å². The lowest BCUT2D eigenvalue weighted by molar-refractivity contribution is -0.198. The summed E-state index contributed by atoms with van der Waals surface area (Å²) in [5.74, 6) is -1.17. The van der Waals surface area contributed by atoms with E-state index in [-0.39, 0.29) is 107 Å². The number of hydrogen-bond acceptors (Lipinski definition) is 17. The molecule has 2 aliphatic rings. The van der Waals surface area contributed by atoms with Crippen molar-refractivity contribution >= 4 is 71.5 Å². The predicted octanol–water partition coefficient (Wildman–Crippen LogP) is 1.10. The molecule has 5 amide bonds. The first-order valence-corrected chi connectivity index (χ1v) is 20.4. The highest BCUT2D eigenvalue weighted by molar-refractivity contribution is 8.00. The van der Waals surface area contributed by atoms with Gasteiger partial charge in [0.05, 0.1) is 64.5 Å². The van der Waals surface area contributed by atoms with Gasteiger partial charge in [-0.25, -0.2) is 4.79 Å². The number of thiol groups is 1. The number of carbonyl (C=O) groups excluding carboxylic acids is 8. The second kappa shape index (κ2) is 31.1. The Morgan fingerprint density at radius 1 is 0.732 bits per heavy atom. The monoisotopic (exact) mass is 837 g/mol. The third-order valence-corrected chi connectivity index (χ3v) is 9.50. The number of ether oxygens (including phenoxy) is 6. The number of nitrogens with one attached hydrogen (secondary N) is 1. The van der Waals surface area contributed by atoms with Gasteiger partial charge in [-0.15, -0.1) is 16.8 Å². The molecule has 3 atom stereocenters. The molecule has 0 aromatic rings. The molecular weight excluding hydrogens is 779 g/mol. The Labute approximate surface area is 338 Å². The van der Waals surface area contributed by atoms with Crippen molar-refractivity contribution < 1.29 is 71.6 Å². The van der Waals surface area contributed by atoms with E-state index in [0.717, 1.165) is 17.1 Å². The average molecular weight is 838 g/mol. The third kappa shape index (κ3) is 23.3. The van der Waals surface area contributed by atoms with Crippen molar-refractivity contribution in [1.82, 2.24) is 15.3 Å². The van der Waals surface area contributed by atoms with E-state index in [0.29, 0.717) is 56.9 Å². The Kier molecular flexibility index (Phi) is 28.3. The van der Waals surface area contributed by atoms with Gasteiger partial charge in [-0.3, -0.25) is 38.5 Å². The van der Waals surface area contributed by atoms with Gasteiger partial charge in [0.2, 0.25) is 17.7 Å². The molecule has 2 fully saturated rings. The zero-order valence-electron chi connectivity index (χ0n) is 33.0. The van der Waals surface area contributed by atoms with E-state index >= 15 is 0 Å². The number of hydroxylamine groups is 2. The van der Waals surface area contributed by atoms with Crippen molar-refractivity contribution in [3.8, 4) is 0 Å². The van der Waals surface area contributed by atoms with Gasteiger partial charge < -0.3 is 38.6 Å². The molecule has 2 saturated heterocycles. The van der Waals surface area contributed by atoms with Crippen LogP contribution < -0.4 is 5.32 Å². The van der Waals surface area contributed by atoms with Crippen LogP contribution in [0, 0.1) is 0 Å². The molecule has 0 aromatic carbocycles. The fraction of sp³-hybridized carbons (Fsp3) is 0.778. The Bertz CT molecular complexity index is 1240. The first-order chi connectivity index (χ1) is 26.8. The number of hydrogen-bond donors (Lipinski definition) is 2. The van der Waals surface area contributed by atoms with Crippen LogP contribution in [-0.4, -0.2) is 165 Å². The smallest absolute Gasteiger partial charge is 0.335 e. The van der Waals surface area contributed by atoms with E-state index < -0.39 is 29.1 Å². The highest BCUT2D eigenvalue weighted by atomic mass is 32.2. The van der Waals surface area contributed by atoms with Crippen molar-refractivity contribution in [2.45, 2.75) is 90.1 Å². The van der Waals surface area contributed by atoms with Gasteiger partial charge in [-0.1, -0.05) is 0 Å². The number of carbonyl (C=O) groups is 8. The first kappa shape index (κ1) is 51.0. The van der Waals surface area contributed by atoms with Crippen LogP contribution in [0.25, 0.3) is 0 Å². The Morgan fingerprint density at radius 3 is 1.79 bits per heavy atom. The summed E-state index contributed by atoms with van der Waals surface area (Å²) in [6.07, 6.45) is 0.955. The topological polar surface area (TPSA) is 220 Å². The minimum atomic E-state index is -0.725. The molecule has 56 heavy (non-hydrogen) atoms. The second-order valence-electron chi connectivity index (χ2n) is 12.5. The predicted molar refractivity (Wildman–Crippen MR) is 206 cm³/mol. The Morgan fingerprint density at radius 2 is 1.25 bits per heavy atom. The number of rotatable bonds is 31. The normalized spacial score (nSPS) is 16.5. The summed E-state index contributed by atoms with van der Waals surface area (Å²) in [5.41, 5.74) is 0. The van der Waals surface area contributed by atoms with E-state index in [1.54, 1.807) is 13.8 Å². The zero-order chi connectivity index (χ0) is 41.7. The van der Waals surface area contributed by atoms with E-state index in [1.807, 2.05) is 0 Å². The lowest BCUT2D eigenvalue weighted by atomic mass is 10.3. The SMILES string of the molecule is CC(=O)[C@H](C)OCCCS.CC(=O)[C@H](C)OCCCSC1CC(=O)N(CCC(=O)NCCOCCOCCOCCOCCC(=O)ON2C(=O)CCC2=O)C1=O. The summed E-state index contributed by atoms with van der Waals surface area (Å²) < 4.78 is 32.0. The van der Waals surface area contributed by atoms with Gasteiger partial charge in [-0.2, -0.15) is 12.6 Å². The summed E-state index contributed by atoms with van der Waals surface area (Å²) in [4.78, 5) is 99.0. The Balaban J connectivity index is 0.00000137. The molecule has 18 nitrogen and oxygen atoms in total. The van der Waals surface area contributed by atoms with Gasteiger partial charge in [-0.05, 0) is 52.0 Å². The van der Waals surface area contributed by atoms with Crippen LogP contribution >= 0.6 is 24.4 Å². The number of imide groups is 2. The molecule has 0 saturated carbocycles. The van der Waals surface area contributed by atoms with Gasteiger partial charge in [0.25, 0.3) is 11.8 Å². The summed E-state index contributed by atoms with van der Waals surface area (Å²) in [7, 11) is 0. The Hall–Kier alpha value is -2.98.